The van der Waals surface area contributed by atoms with Crippen molar-refractivity contribution in [2.24, 2.45) is 4.99 Å². The molecule has 1 atom stereocenters. The number of rotatable bonds is 7. The summed E-state index contributed by atoms with van der Waals surface area (Å²) >= 11 is 7.68. The van der Waals surface area contributed by atoms with Crippen molar-refractivity contribution in [2.45, 2.75) is 6.04 Å². The lowest BCUT2D eigenvalue weighted by molar-refractivity contribution is -0.159. The number of hydrazine groups is 1. The van der Waals surface area contributed by atoms with E-state index in [2.05, 4.69) is 15.3 Å². The Labute approximate surface area is 214 Å². The number of nitrogens with one attached hydrogen (secondary N) is 1. The molecule has 0 bridgehead atoms. The number of carbonyl (C=O) groups excluding carboxylic acids is 3. The van der Waals surface area contributed by atoms with Crippen LogP contribution in [0.4, 0.5) is 4.39 Å². The minimum atomic E-state index is -0.942. The first-order valence-corrected chi connectivity index (χ1v) is 12.0. The molecule has 4 rings (SSSR count). The van der Waals surface area contributed by atoms with Gasteiger partial charge in [-0.3, -0.25) is 19.6 Å². The molecule has 190 valence electrons. The maximum Gasteiger partial charge on any atom is 0.338 e. The Hall–Kier alpha value is -3.39. The molecule has 0 unspecified atom stereocenters. The van der Waals surface area contributed by atoms with Crippen LogP contribution in [0.2, 0.25) is 5.02 Å². The summed E-state index contributed by atoms with van der Waals surface area (Å²) in [5, 5.41) is 17.6. The average molecular weight is 537 g/mol. The van der Waals surface area contributed by atoms with Crippen LogP contribution in [0.1, 0.15) is 16.6 Å². The quantitative estimate of drug-likeness (QED) is 0.395. The minimum absolute atomic E-state index is 0.0457. The number of aromatic nitrogens is 1. The number of aliphatic hydroxyl groups is 1. The van der Waals surface area contributed by atoms with E-state index in [1.54, 1.807) is 16.6 Å². The van der Waals surface area contributed by atoms with E-state index in [9.17, 15) is 18.8 Å². The number of amides is 2. The van der Waals surface area contributed by atoms with Crippen molar-refractivity contribution in [2.75, 3.05) is 40.0 Å². The summed E-state index contributed by atoms with van der Waals surface area (Å²) in [6.07, 6.45) is 2.16. The highest BCUT2D eigenvalue weighted by atomic mass is 35.5. The van der Waals surface area contributed by atoms with Crippen molar-refractivity contribution in [3.63, 3.8) is 0 Å². The van der Waals surface area contributed by atoms with Gasteiger partial charge in [0.05, 0.1) is 19.2 Å². The molecule has 1 fully saturated rings. The fourth-order valence-electron chi connectivity index (χ4n) is 3.92. The number of nitrogens with zero attached hydrogens (tertiary/aromatic N) is 5. The number of amidine groups is 1. The van der Waals surface area contributed by atoms with E-state index in [4.69, 9.17) is 21.4 Å². The first kappa shape index (κ1) is 25.7. The summed E-state index contributed by atoms with van der Waals surface area (Å²) < 4.78 is 18.8. The van der Waals surface area contributed by atoms with Gasteiger partial charge in [0.15, 0.2) is 10.8 Å². The van der Waals surface area contributed by atoms with Gasteiger partial charge in [-0.15, -0.1) is 11.3 Å². The van der Waals surface area contributed by atoms with E-state index in [-0.39, 0.29) is 36.9 Å². The van der Waals surface area contributed by atoms with E-state index in [1.165, 1.54) is 40.5 Å². The fourth-order valence-corrected chi connectivity index (χ4v) is 4.78. The molecule has 0 spiro atoms. The van der Waals surface area contributed by atoms with Crippen molar-refractivity contribution in [1.82, 2.24) is 25.2 Å². The van der Waals surface area contributed by atoms with Gasteiger partial charge in [0.25, 0.3) is 0 Å². The molecule has 36 heavy (non-hydrogen) atoms. The molecule has 1 aromatic carbocycles. The standard InChI is InChI=1S/C22H22ClFN6O5S/c1-35-22(34)18-16(9-29-6-5-28(17(33)10-31)11-30(29)12-32)26-20(21-25-4-7-36-21)27-19(18)14-3-2-13(24)8-15(14)23/h2-4,7-8,12,19,31H,5-6,9-11H2,1H3,(H,26,27)/t19-/m0/s1. The molecule has 0 aliphatic carbocycles. The van der Waals surface area contributed by atoms with Crippen molar-refractivity contribution in [1.29, 1.82) is 0 Å². The van der Waals surface area contributed by atoms with Crippen LogP contribution < -0.4 is 5.32 Å². The molecule has 11 nitrogen and oxygen atoms in total. The van der Waals surface area contributed by atoms with Gasteiger partial charge in [-0.25, -0.2) is 19.2 Å². The minimum Gasteiger partial charge on any atom is -0.466 e. The molecule has 2 aromatic rings. The SMILES string of the molecule is COC(=O)C1=C(CN2CCN(C(=O)CO)CN2C=O)NC(c2nccs2)=N[C@H]1c1ccc(F)cc1Cl. The van der Waals surface area contributed by atoms with Crippen LogP contribution in [0.5, 0.6) is 0 Å². The zero-order valence-corrected chi connectivity index (χ0v) is 20.6. The number of aliphatic imine (C=N–C) groups is 1. The highest BCUT2D eigenvalue weighted by molar-refractivity contribution is 7.11. The van der Waals surface area contributed by atoms with Crippen LogP contribution in [-0.2, 0) is 19.1 Å². The second-order valence-corrected chi connectivity index (χ2v) is 9.08. The third kappa shape index (κ3) is 5.23. The number of carbonyl (C=O) groups is 3. The molecule has 0 radical (unpaired) electrons. The summed E-state index contributed by atoms with van der Waals surface area (Å²) in [5.41, 5.74) is 0.893. The van der Waals surface area contributed by atoms with E-state index in [1.807, 2.05) is 0 Å². The zero-order valence-electron chi connectivity index (χ0n) is 19.1. The first-order chi connectivity index (χ1) is 17.4. The number of thiazole rings is 1. The van der Waals surface area contributed by atoms with Gasteiger partial charge in [-0.05, 0) is 12.1 Å². The number of aliphatic hydroxyl groups excluding tert-OH is 1. The van der Waals surface area contributed by atoms with E-state index in [0.717, 1.165) is 6.07 Å². The Morgan fingerprint density at radius 3 is 2.83 bits per heavy atom. The van der Waals surface area contributed by atoms with Crippen LogP contribution in [-0.4, -0.2) is 89.2 Å². The lowest BCUT2D eigenvalue weighted by Crippen LogP contribution is -2.59. The van der Waals surface area contributed by atoms with Crippen molar-refractivity contribution in [3.8, 4) is 0 Å². The van der Waals surface area contributed by atoms with Crippen molar-refractivity contribution < 1.29 is 28.6 Å². The molecular weight excluding hydrogens is 515 g/mol. The molecule has 2 aliphatic rings. The van der Waals surface area contributed by atoms with Crippen LogP contribution in [0, 0.1) is 5.82 Å². The summed E-state index contributed by atoms with van der Waals surface area (Å²) in [5.74, 6) is -1.36. The predicted molar refractivity (Wildman–Crippen MR) is 128 cm³/mol. The summed E-state index contributed by atoms with van der Waals surface area (Å²) in [6.45, 7) is -0.185. The lowest BCUT2D eigenvalue weighted by atomic mass is 9.95. The Morgan fingerprint density at radius 2 is 2.19 bits per heavy atom. The monoisotopic (exact) mass is 536 g/mol. The van der Waals surface area contributed by atoms with Gasteiger partial charge >= 0.3 is 5.97 Å². The fraction of sp³-hybridized carbons (Fsp3) is 0.318. The maximum atomic E-state index is 13.8. The predicted octanol–water partition coefficient (Wildman–Crippen LogP) is 0.921. The lowest BCUT2D eigenvalue weighted by Gasteiger charge is -2.42. The van der Waals surface area contributed by atoms with Gasteiger partial charge < -0.3 is 20.1 Å². The van der Waals surface area contributed by atoms with E-state index >= 15 is 0 Å². The summed E-state index contributed by atoms with van der Waals surface area (Å²) in [6, 6.07) is 2.87. The highest BCUT2D eigenvalue weighted by Crippen LogP contribution is 2.37. The summed E-state index contributed by atoms with van der Waals surface area (Å²) in [4.78, 5) is 47.0. The first-order valence-electron chi connectivity index (χ1n) is 10.7. The number of halogens is 2. The maximum absolute atomic E-state index is 13.8. The van der Waals surface area contributed by atoms with Crippen molar-refractivity contribution >= 4 is 47.1 Å². The highest BCUT2D eigenvalue weighted by Gasteiger charge is 2.36. The van der Waals surface area contributed by atoms with Crippen molar-refractivity contribution in [3.05, 3.63) is 62.5 Å². The van der Waals surface area contributed by atoms with Gasteiger partial charge in [0.1, 0.15) is 25.1 Å². The molecule has 2 aliphatic heterocycles. The molecule has 3 heterocycles. The number of esters is 1. The molecule has 1 saturated heterocycles. The molecule has 2 N–H and O–H groups in total. The van der Waals surface area contributed by atoms with Crippen LogP contribution in [0.3, 0.4) is 0 Å². The second-order valence-electron chi connectivity index (χ2n) is 7.78. The number of hydrogen-bond donors (Lipinski definition) is 2. The Balaban J connectivity index is 1.76. The Kier molecular flexibility index (Phi) is 7.94. The van der Waals surface area contributed by atoms with Crippen LogP contribution >= 0.6 is 22.9 Å². The number of benzene rings is 1. The zero-order chi connectivity index (χ0) is 25.8. The number of methoxy groups -OCH3 is 1. The largest absolute Gasteiger partial charge is 0.466 e. The summed E-state index contributed by atoms with van der Waals surface area (Å²) in [7, 11) is 1.23. The third-order valence-corrected chi connectivity index (χ3v) is 6.79. The molecule has 1 aromatic heterocycles. The topological polar surface area (TPSA) is 128 Å². The Morgan fingerprint density at radius 1 is 1.39 bits per heavy atom. The Bertz CT molecular complexity index is 1220. The van der Waals surface area contributed by atoms with Gasteiger partial charge in [-0.1, -0.05) is 17.7 Å². The molecule has 0 saturated carbocycles. The second kappa shape index (κ2) is 11.1. The molecule has 14 heteroatoms. The molecular formula is C22H22ClFN6O5S. The van der Waals surface area contributed by atoms with Gasteiger partial charge in [0, 0.05) is 40.9 Å². The third-order valence-electron chi connectivity index (χ3n) is 5.68. The average Bonchev–Trinajstić information content (AvgIpc) is 3.43. The van der Waals surface area contributed by atoms with Gasteiger partial charge in [-0.2, -0.15) is 0 Å². The molecule has 2 amide bonds. The van der Waals surface area contributed by atoms with Crippen LogP contribution in [0.15, 0.2) is 46.0 Å². The van der Waals surface area contributed by atoms with Crippen LogP contribution in [0.25, 0.3) is 0 Å². The van der Waals surface area contributed by atoms with E-state index < -0.39 is 30.3 Å². The number of ether oxygens (including phenoxy) is 1. The van der Waals surface area contributed by atoms with Gasteiger partial charge in [0.2, 0.25) is 12.3 Å². The smallest absolute Gasteiger partial charge is 0.338 e. The number of hydrogen-bond acceptors (Lipinski definition) is 10. The normalized spacial score (nSPS) is 18.6. The van der Waals surface area contributed by atoms with E-state index in [0.29, 0.717) is 28.5 Å².